The highest BCUT2D eigenvalue weighted by Gasteiger charge is 2.34. The van der Waals surface area contributed by atoms with Crippen LogP contribution in [0.5, 0.6) is 0 Å². The number of anilines is 1. The Hall–Kier alpha value is -1.13. The van der Waals surface area contributed by atoms with E-state index in [1.54, 1.807) is 6.20 Å². The molecule has 0 amide bonds. The number of aromatic nitrogens is 1. The molecule has 1 saturated heterocycles. The van der Waals surface area contributed by atoms with Gasteiger partial charge in [-0.2, -0.15) is 0 Å². The Bertz CT molecular complexity index is 409. The first-order valence-electron chi connectivity index (χ1n) is 6.82. The van der Waals surface area contributed by atoms with Crippen molar-refractivity contribution in [2.24, 2.45) is 0 Å². The molecule has 0 radical (unpaired) electrons. The highest BCUT2D eigenvalue weighted by atomic mass is 16.5. The van der Waals surface area contributed by atoms with Crippen molar-refractivity contribution in [2.75, 3.05) is 18.1 Å². The summed E-state index contributed by atoms with van der Waals surface area (Å²) >= 11 is 0. The molecular weight excluding hydrogens is 228 g/mol. The Labute approximate surface area is 108 Å². The smallest absolute Gasteiger partial charge is 0.0779 e. The van der Waals surface area contributed by atoms with Gasteiger partial charge < -0.3 is 14.7 Å². The van der Waals surface area contributed by atoms with Gasteiger partial charge in [0, 0.05) is 30.2 Å². The fourth-order valence-electron chi connectivity index (χ4n) is 3.22. The van der Waals surface area contributed by atoms with Crippen molar-refractivity contribution in [3.63, 3.8) is 0 Å². The monoisotopic (exact) mass is 248 g/mol. The van der Waals surface area contributed by atoms with Gasteiger partial charge in [-0.3, -0.25) is 4.98 Å². The van der Waals surface area contributed by atoms with E-state index in [1.165, 1.54) is 25.7 Å². The van der Waals surface area contributed by atoms with Crippen LogP contribution in [0.3, 0.4) is 0 Å². The van der Waals surface area contributed by atoms with E-state index in [2.05, 4.69) is 9.88 Å². The number of hydrogen-bond acceptors (Lipinski definition) is 4. The fourth-order valence-corrected chi connectivity index (χ4v) is 3.22. The number of aliphatic hydroxyl groups is 1. The molecule has 2 aliphatic rings. The summed E-state index contributed by atoms with van der Waals surface area (Å²) in [6.45, 7) is 1.75. The van der Waals surface area contributed by atoms with Crippen LogP contribution in [0.1, 0.15) is 31.2 Å². The topological polar surface area (TPSA) is 45.6 Å². The number of hydrogen-bond donors (Lipinski definition) is 1. The maximum Gasteiger partial charge on any atom is 0.0779 e. The highest BCUT2D eigenvalue weighted by Crippen LogP contribution is 2.33. The molecule has 1 N–H and O–H groups in total. The van der Waals surface area contributed by atoms with Crippen molar-refractivity contribution in [1.82, 2.24) is 4.98 Å². The molecule has 2 atom stereocenters. The Morgan fingerprint density at radius 1 is 1.39 bits per heavy atom. The van der Waals surface area contributed by atoms with Crippen molar-refractivity contribution >= 4 is 5.69 Å². The molecule has 4 nitrogen and oxygen atoms in total. The average molecular weight is 248 g/mol. The van der Waals surface area contributed by atoms with Crippen LogP contribution < -0.4 is 4.90 Å². The Morgan fingerprint density at radius 3 is 3.17 bits per heavy atom. The molecule has 0 aromatic carbocycles. The minimum atomic E-state index is 0.0535. The van der Waals surface area contributed by atoms with Crippen LogP contribution in [0, 0.1) is 0 Å². The van der Waals surface area contributed by atoms with Crippen LogP contribution in [-0.2, 0) is 11.3 Å². The Morgan fingerprint density at radius 2 is 2.28 bits per heavy atom. The van der Waals surface area contributed by atoms with Crippen molar-refractivity contribution < 1.29 is 9.84 Å². The standard InChI is InChI=1S/C14H20N2O2/c17-10-11-9-15-6-5-12(11)16-7-8-18-14-4-2-1-3-13(14)16/h5-6,9,13-14,17H,1-4,7-8,10H2. The number of morpholine rings is 1. The third-order valence-corrected chi connectivity index (χ3v) is 4.09. The quantitative estimate of drug-likeness (QED) is 0.865. The molecule has 3 rings (SSSR count). The normalized spacial score (nSPS) is 27.9. The molecule has 4 heteroatoms. The number of pyridine rings is 1. The molecule has 2 unspecified atom stereocenters. The van der Waals surface area contributed by atoms with Gasteiger partial charge in [-0.05, 0) is 18.9 Å². The maximum atomic E-state index is 9.45. The lowest BCUT2D eigenvalue weighted by atomic mass is 9.89. The summed E-state index contributed by atoms with van der Waals surface area (Å²) in [4.78, 5) is 6.51. The zero-order valence-corrected chi connectivity index (χ0v) is 10.6. The van der Waals surface area contributed by atoms with Gasteiger partial charge in [-0.15, -0.1) is 0 Å². The lowest BCUT2D eigenvalue weighted by Crippen LogP contribution is -2.53. The van der Waals surface area contributed by atoms with E-state index >= 15 is 0 Å². The van der Waals surface area contributed by atoms with Crippen molar-refractivity contribution in [3.8, 4) is 0 Å². The molecule has 1 aromatic rings. The first-order chi connectivity index (χ1) is 8.90. The second-order valence-corrected chi connectivity index (χ2v) is 5.12. The molecule has 2 fully saturated rings. The van der Waals surface area contributed by atoms with Gasteiger partial charge in [-0.25, -0.2) is 0 Å². The first-order valence-corrected chi connectivity index (χ1v) is 6.82. The number of aliphatic hydroxyl groups excluding tert-OH is 1. The third kappa shape index (κ3) is 2.10. The maximum absolute atomic E-state index is 9.45. The second kappa shape index (κ2) is 5.24. The number of rotatable bonds is 2. The number of fused-ring (bicyclic) bond motifs is 1. The van der Waals surface area contributed by atoms with Crippen molar-refractivity contribution in [2.45, 2.75) is 44.4 Å². The van der Waals surface area contributed by atoms with E-state index in [1.807, 2.05) is 12.3 Å². The first kappa shape index (κ1) is 11.9. The summed E-state index contributed by atoms with van der Waals surface area (Å²) in [7, 11) is 0. The molecule has 2 heterocycles. The summed E-state index contributed by atoms with van der Waals surface area (Å²) < 4.78 is 5.89. The summed E-state index contributed by atoms with van der Waals surface area (Å²) in [5, 5.41) is 9.45. The van der Waals surface area contributed by atoms with Gasteiger partial charge in [-0.1, -0.05) is 12.8 Å². The van der Waals surface area contributed by atoms with E-state index in [-0.39, 0.29) is 6.61 Å². The minimum absolute atomic E-state index is 0.0535. The van der Waals surface area contributed by atoms with Crippen molar-refractivity contribution in [1.29, 1.82) is 0 Å². The summed E-state index contributed by atoms with van der Waals surface area (Å²) in [6.07, 6.45) is 8.86. The largest absolute Gasteiger partial charge is 0.392 e. The van der Waals surface area contributed by atoms with E-state index < -0.39 is 0 Å². The zero-order valence-electron chi connectivity index (χ0n) is 10.6. The van der Waals surface area contributed by atoms with Gasteiger partial charge in [0.05, 0.1) is 25.4 Å². The summed E-state index contributed by atoms with van der Waals surface area (Å²) in [6, 6.07) is 2.49. The molecule has 0 spiro atoms. The zero-order chi connectivity index (χ0) is 12.4. The van der Waals surface area contributed by atoms with E-state index in [4.69, 9.17) is 4.74 Å². The predicted molar refractivity (Wildman–Crippen MR) is 69.5 cm³/mol. The molecule has 98 valence electrons. The average Bonchev–Trinajstić information content (AvgIpc) is 2.46. The van der Waals surface area contributed by atoms with Crippen LogP contribution in [0.15, 0.2) is 18.5 Å². The fraction of sp³-hybridized carbons (Fsp3) is 0.643. The van der Waals surface area contributed by atoms with Gasteiger partial charge in [0.1, 0.15) is 0 Å². The van der Waals surface area contributed by atoms with Crippen LogP contribution in [0.2, 0.25) is 0 Å². The third-order valence-electron chi connectivity index (χ3n) is 4.09. The van der Waals surface area contributed by atoms with Crippen LogP contribution in [0.4, 0.5) is 5.69 Å². The number of nitrogens with zero attached hydrogens (tertiary/aromatic N) is 2. The molecule has 0 bridgehead atoms. The Balaban J connectivity index is 1.89. The minimum Gasteiger partial charge on any atom is -0.392 e. The van der Waals surface area contributed by atoms with Gasteiger partial charge >= 0.3 is 0 Å². The molecule has 1 aliphatic carbocycles. The lowest BCUT2D eigenvalue weighted by Gasteiger charge is -2.45. The summed E-state index contributed by atoms with van der Waals surface area (Å²) in [5.41, 5.74) is 2.05. The number of ether oxygens (including phenoxy) is 1. The lowest BCUT2D eigenvalue weighted by molar-refractivity contribution is -0.00881. The van der Waals surface area contributed by atoms with Gasteiger partial charge in [0.2, 0.25) is 0 Å². The van der Waals surface area contributed by atoms with E-state index in [0.717, 1.165) is 24.4 Å². The second-order valence-electron chi connectivity index (χ2n) is 5.12. The predicted octanol–water partition coefficient (Wildman–Crippen LogP) is 1.72. The summed E-state index contributed by atoms with van der Waals surface area (Å²) in [5.74, 6) is 0. The SMILES string of the molecule is OCc1cnccc1N1CCOC2CCCCC21. The molecule has 1 aromatic heterocycles. The molecule has 1 aliphatic heterocycles. The molecular formula is C14H20N2O2. The van der Waals surface area contributed by atoms with Crippen LogP contribution in [0.25, 0.3) is 0 Å². The van der Waals surface area contributed by atoms with Gasteiger partial charge in [0.15, 0.2) is 0 Å². The highest BCUT2D eigenvalue weighted by molar-refractivity contribution is 5.53. The van der Waals surface area contributed by atoms with E-state index in [0.29, 0.717) is 12.1 Å². The van der Waals surface area contributed by atoms with Gasteiger partial charge in [0.25, 0.3) is 0 Å². The van der Waals surface area contributed by atoms with Crippen molar-refractivity contribution in [3.05, 3.63) is 24.0 Å². The van der Waals surface area contributed by atoms with Crippen LogP contribution in [-0.4, -0.2) is 35.4 Å². The van der Waals surface area contributed by atoms with E-state index in [9.17, 15) is 5.11 Å². The Kier molecular flexibility index (Phi) is 3.48. The molecule has 18 heavy (non-hydrogen) atoms. The molecule has 1 saturated carbocycles. The van der Waals surface area contributed by atoms with Crippen LogP contribution >= 0.6 is 0 Å².